The predicted molar refractivity (Wildman–Crippen MR) is 121 cm³/mol. The van der Waals surface area contributed by atoms with Gasteiger partial charge in [-0.3, -0.25) is 14.4 Å². The molecule has 0 spiro atoms. The Morgan fingerprint density at radius 3 is 2.23 bits per heavy atom. The van der Waals surface area contributed by atoms with Crippen LogP contribution in [0.2, 0.25) is 5.02 Å². The molecule has 0 bridgehead atoms. The normalized spacial score (nSPS) is 14.6. The standard InChI is InChI=1S/C24H28ClN3O3/c25-20-12-10-19(11-13-20)23(30)28-21(16-17-6-2-1-3-7-17)24(31)27-15-14-26-22(29)18-8-4-5-9-18/h1-3,6-7,10-13,18,21H,4-5,8-9,14-16H2,(H,26,29)(H,27,31)(H,28,30). The lowest BCUT2D eigenvalue weighted by Gasteiger charge is -2.19. The average Bonchev–Trinajstić information content (AvgIpc) is 3.32. The Balaban J connectivity index is 1.55. The minimum atomic E-state index is -0.740. The van der Waals surface area contributed by atoms with Crippen LogP contribution in [0.5, 0.6) is 0 Å². The first-order chi connectivity index (χ1) is 15.0. The second-order valence-corrected chi connectivity index (χ2v) is 8.22. The first kappa shape index (κ1) is 22.8. The molecule has 1 unspecified atom stereocenters. The Morgan fingerprint density at radius 2 is 1.55 bits per heavy atom. The number of carbonyl (C=O) groups is 3. The number of hydrogen-bond donors (Lipinski definition) is 3. The lowest BCUT2D eigenvalue weighted by atomic mass is 10.0. The van der Waals surface area contributed by atoms with Gasteiger partial charge in [-0.15, -0.1) is 0 Å². The van der Waals surface area contributed by atoms with E-state index in [0.717, 1.165) is 31.2 Å². The molecule has 7 heteroatoms. The van der Waals surface area contributed by atoms with Crippen LogP contribution in [0.3, 0.4) is 0 Å². The third-order valence-corrected chi connectivity index (χ3v) is 5.71. The van der Waals surface area contributed by atoms with Crippen molar-refractivity contribution in [2.75, 3.05) is 13.1 Å². The number of amides is 3. The summed E-state index contributed by atoms with van der Waals surface area (Å²) in [5.74, 6) is -0.479. The second kappa shape index (κ2) is 11.5. The van der Waals surface area contributed by atoms with Gasteiger partial charge in [0, 0.05) is 36.0 Å². The first-order valence-electron chi connectivity index (χ1n) is 10.7. The van der Waals surface area contributed by atoms with Crippen LogP contribution >= 0.6 is 11.6 Å². The summed E-state index contributed by atoms with van der Waals surface area (Å²) in [5.41, 5.74) is 1.37. The number of halogens is 1. The van der Waals surface area contributed by atoms with Gasteiger partial charge >= 0.3 is 0 Å². The third kappa shape index (κ3) is 7.10. The molecular weight excluding hydrogens is 414 g/mol. The summed E-state index contributed by atoms with van der Waals surface area (Å²) in [7, 11) is 0. The number of hydrogen-bond acceptors (Lipinski definition) is 3. The Hall–Kier alpha value is -2.86. The summed E-state index contributed by atoms with van der Waals surface area (Å²) in [6.07, 6.45) is 4.44. The molecule has 1 saturated carbocycles. The quantitative estimate of drug-likeness (QED) is 0.522. The van der Waals surface area contributed by atoms with E-state index in [0.29, 0.717) is 30.1 Å². The molecule has 0 saturated heterocycles. The van der Waals surface area contributed by atoms with Crippen molar-refractivity contribution in [2.24, 2.45) is 5.92 Å². The van der Waals surface area contributed by atoms with Gasteiger partial charge in [0.2, 0.25) is 11.8 Å². The topological polar surface area (TPSA) is 87.3 Å². The van der Waals surface area contributed by atoms with E-state index in [1.54, 1.807) is 24.3 Å². The summed E-state index contributed by atoms with van der Waals surface area (Å²) in [6.45, 7) is 0.670. The van der Waals surface area contributed by atoms with Gasteiger partial charge in [-0.25, -0.2) is 0 Å². The van der Waals surface area contributed by atoms with Crippen LogP contribution in [-0.2, 0) is 16.0 Å². The zero-order valence-electron chi connectivity index (χ0n) is 17.4. The van der Waals surface area contributed by atoms with Gasteiger partial charge in [-0.2, -0.15) is 0 Å². The molecule has 0 heterocycles. The summed E-state index contributed by atoms with van der Waals surface area (Å²) < 4.78 is 0. The van der Waals surface area contributed by atoms with Crippen molar-refractivity contribution in [3.8, 4) is 0 Å². The molecule has 31 heavy (non-hydrogen) atoms. The smallest absolute Gasteiger partial charge is 0.251 e. The van der Waals surface area contributed by atoms with E-state index in [1.807, 2.05) is 30.3 Å². The molecule has 3 amide bonds. The monoisotopic (exact) mass is 441 g/mol. The fourth-order valence-corrected chi connectivity index (χ4v) is 3.85. The van der Waals surface area contributed by atoms with Gasteiger partial charge in [0.1, 0.15) is 6.04 Å². The zero-order valence-corrected chi connectivity index (χ0v) is 18.2. The van der Waals surface area contributed by atoms with E-state index in [4.69, 9.17) is 11.6 Å². The third-order valence-electron chi connectivity index (χ3n) is 5.46. The molecule has 6 nitrogen and oxygen atoms in total. The molecule has 2 aromatic carbocycles. The summed E-state index contributed by atoms with van der Waals surface area (Å²) >= 11 is 5.89. The van der Waals surface area contributed by atoms with Gasteiger partial charge < -0.3 is 16.0 Å². The SMILES string of the molecule is O=C(NC(Cc1ccccc1)C(=O)NCCNC(=O)C1CCCC1)c1ccc(Cl)cc1. The largest absolute Gasteiger partial charge is 0.354 e. The van der Waals surface area contributed by atoms with Crippen molar-refractivity contribution in [3.05, 3.63) is 70.7 Å². The molecule has 0 aromatic heterocycles. The van der Waals surface area contributed by atoms with E-state index in [-0.39, 0.29) is 23.6 Å². The highest BCUT2D eigenvalue weighted by Gasteiger charge is 2.23. The lowest BCUT2D eigenvalue weighted by molar-refractivity contribution is -0.125. The van der Waals surface area contributed by atoms with Crippen molar-refractivity contribution in [1.29, 1.82) is 0 Å². The maximum atomic E-state index is 12.8. The van der Waals surface area contributed by atoms with E-state index in [9.17, 15) is 14.4 Å². The minimum Gasteiger partial charge on any atom is -0.354 e. The maximum absolute atomic E-state index is 12.8. The molecule has 3 rings (SSSR count). The Bertz CT molecular complexity index is 881. The number of benzene rings is 2. The van der Waals surface area contributed by atoms with Crippen molar-refractivity contribution in [2.45, 2.75) is 38.1 Å². The van der Waals surface area contributed by atoms with Crippen LogP contribution in [0.4, 0.5) is 0 Å². The molecule has 1 aliphatic carbocycles. The Morgan fingerprint density at radius 1 is 0.903 bits per heavy atom. The van der Waals surface area contributed by atoms with Crippen molar-refractivity contribution < 1.29 is 14.4 Å². The lowest BCUT2D eigenvalue weighted by Crippen LogP contribution is -2.49. The van der Waals surface area contributed by atoms with Gasteiger partial charge in [0.15, 0.2) is 0 Å². The van der Waals surface area contributed by atoms with Gasteiger partial charge in [0.05, 0.1) is 0 Å². The molecule has 3 N–H and O–H groups in total. The number of rotatable bonds is 9. The predicted octanol–water partition coefficient (Wildman–Crippen LogP) is 3.10. The molecule has 164 valence electrons. The minimum absolute atomic E-state index is 0.0589. The van der Waals surface area contributed by atoms with Gasteiger partial charge in [-0.05, 0) is 42.7 Å². The summed E-state index contributed by atoms with van der Waals surface area (Å²) in [5, 5.41) is 9.06. The highest BCUT2D eigenvalue weighted by Crippen LogP contribution is 2.24. The van der Waals surface area contributed by atoms with E-state index >= 15 is 0 Å². The highest BCUT2D eigenvalue weighted by atomic mass is 35.5. The van der Waals surface area contributed by atoms with Crippen LogP contribution in [0.25, 0.3) is 0 Å². The van der Waals surface area contributed by atoms with Crippen molar-refractivity contribution >= 4 is 29.3 Å². The van der Waals surface area contributed by atoms with E-state index in [1.165, 1.54) is 0 Å². The number of carbonyl (C=O) groups excluding carboxylic acids is 3. The fraction of sp³-hybridized carbons (Fsp3) is 0.375. The molecule has 0 radical (unpaired) electrons. The second-order valence-electron chi connectivity index (χ2n) is 7.79. The molecule has 2 aromatic rings. The van der Waals surface area contributed by atoms with E-state index < -0.39 is 6.04 Å². The van der Waals surface area contributed by atoms with Crippen LogP contribution in [0.15, 0.2) is 54.6 Å². The molecule has 1 atom stereocenters. The summed E-state index contributed by atoms with van der Waals surface area (Å²) in [4.78, 5) is 37.5. The Kier molecular flexibility index (Phi) is 8.47. The van der Waals surface area contributed by atoms with Gasteiger partial charge in [-0.1, -0.05) is 54.8 Å². The molecule has 0 aliphatic heterocycles. The molecule has 1 aliphatic rings. The van der Waals surface area contributed by atoms with Crippen molar-refractivity contribution in [1.82, 2.24) is 16.0 Å². The fourth-order valence-electron chi connectivity index (χ4n) is 3.73. The highest BCUT2D eigenvalue weighted by molar-refractivity contribution is 6.30. The number of nitrogens with one attached hydrogen (secondary N) is 3. The van der Waals surface area contributed by atoms with Crippen molar-refractivity contribution in [3.63, 3.8) is 0 Å². The van der Waals surface area contributed by atoms with E-state index in [2.05, 4.69) is 16.0 Å². The first-order valence-corrected chi connectivity index (χ1v) is 11.1. The molecular formula is C24H28ClN3O3. The average molecular weight is 442 g/mol. The van der Waals surface area contributed by atoms with Crippen LogP contribution in [-0.4, -0.2) is 36.9 Å². The van der Waals surface area contributed by atoms with Gasteiger partial charge in [0.25, 0.3) is 5.91 Å². The maximum Gasteiger partial charge on any atom is 0.251 e. The van der Waals surface area contributed by atoms with Crippen LogP contribution < -0.4 is 16.0 Å². The molecule has 1 fully saturated rings. The summed E-state index contributed by atoms with van der Waals surface area (Å²) in [6, 6.07) is 15.3. The van der Waals surface area contributed by atoms with Crippen LogP contribution in [0, 0.1) is 5.92 Å². The Labute approximate surface area is 187 Å². The zero-order chi connectivity index (χ0) is 22.1. The van der Waals surface area contributed by atoms with Crippen LogP contribution in [0.1, 0.15) is 41.6 Å².